The van der Waals surface area contributed by atoms with Crippen LogP contribution in [0.15, 0.2) is 17.7 Å². The summed E-state index contributed by atoms with van der Waals surface area (Å²) in [4.78, 5) is 15.4. The molecule has 17 heavy (non-hydrogen) atoms. The van der Waals surface area contributed by atoms with Gasteiger partial charge in [0.05, 0.1) is 0 Å². The van der Waals surface area contributed by atoms with Crippen LogP contribution in [0.1, 0.15) is 32.2 Å². The van der Waals surface area contributed by atoms with Crippen LogP contribution in [0.4, 0.5) is 4.79 Å². The van der Waals surface area contributed by atoms with E-state index in [1.54, 1.807) is 17.5 Å². The molecule has 0 saturated heterocycles. The van der Waals surface area contributed by atoms with E-state index in [9.17, 15) is 4.79 Å². The average molecular weight is 254 g/mol. The number of hydrogen-bond acceptors (Lipinski definition) is 4. The Balaban J connectivity index is 2.14. The third kappa shape index (κ3) is 6.73. The summed E-state index contributed by atoms with van der Waals surface area (Å²) < 4.78 is 5.11. The maximum absolute atomic E-state index is 11.3. The Morgan fingerprint density at radius 2 is 2.35 bits per heavy atom. The van der Waals surface area contributed by atoms with E-state index in [1.807, 2.05) is 38.3 Å². The quantitative estimate of drug-likeness (QED) is 0.840. The highest BCUT2D eigenvalue weighted by Crippen LogP contribution is 2.07. The fourth-order valence-electron chi connectivity index (χ4n) is 1.07. The zero-order valence-electron chi connectivity index (χ0n) is 10.4. The van der Waals surface area contributed by atoms with Gasteiger partial charge in [-0.2, -0.15) is 0 Å². The summed E-state index contributed by atoms with van der Waals surface area (Å²) >= 11 is 1.59. The number of carbonyl (C=O) groups excluding carboxylic acids is 1. The minimum atomic E-state index is -0.444. The topological polar surface area (TPSA) is 51.2 Å². The lowest BCUT2D eigenvalue weighted by atomic mass is 10.2. The van der Waals surface area contributed by atoms with Crippen molar-refractivity contribution in [3.63, 3.8) is 0 Å². The molecule has 0 aliphatic carbocycles. The zero-order valence-corrected chi connectivity index (χ0v) is 11.2. The van der Waals surface area contributed by atoms with Crippen molar-refractivity contribution in [2.45, 2.75) is 32.8 Å². The Morgan fingerprint density at radius 3 is 2.94 bits per heavy atom. The largest absolute Gasteiger partial charge is 0.444 e. The average Bonchev–Trinajstić information content (AvgIpc) is 2.67. The first kappa shape index (κ1) is 13.7. The molecule has 0 aromatic carbocycles. The normalized spacial score (nSPS) is 11.7. The van der Waals surface area contributed by atoms with Crippen LogP contribution in [0.25, 0.3) is 6.08 Å². The monoisotopic (exact) mass is 254 g/mol. The van der Waals surface area contributed by atoms with Gasteiger partial charge < -0.3 is 10.1 Å². The van der Waals surface area contributed by atoms with Crippen molar-refractivity contribution in [3.05, 3.63) is 22.7 Å². The smallest absolute Gasteiger partial charge is 0.407 e. The molecule has 1 aromatic heterocycles. The molecule has 0 atom stereocenters. The second-order valence-corrected chi connectivity index (χ2v) is 5.42. The van der Waals surface area contributed by atoms with Crippen LogP contribution in [0.3, 0.4) is 0 Å². The lowest BCUT2D eigenvalue weighted by molar-refractivity contribution is 0.0529. The summed E-state index contributed by atoms with van der Waals surface area (Å²) in [6, 6.07) is 0. The summed E-state index contributed by atoms with van der Waals surface area (Å²) in [6.45, 7) is 6.09. The van der Waals surface area contributed by atoms with Gasteiger partial charge in [0.2, 0.25) is 0 Å². The van der Waals surface area contributed by atoms with Crippen molar-refractivity contribution in [2.24, 2.45) is 0 Å². The Kier molecular flexibility index (Phi) is 5.15. The number of amides is 1. The molecule has 0 saturated carbocycles. The van der Waals surface area contributed by atoms with E-state index in [4.69, 9.17) is 4.74 Å². The molecule has 0 fully saturated rings. The number of thiazole rings is 1. The molecule has 0 unspecified atom stereocenters. The van der Waals surface area contributed by atoms with E-state index < -0.39 is 5.60 Å². The first-order chi connectivity index (χ1) is 7.97. The van der Waals surface area contributed by atoms with E-state index in [-0.39, 0.29) is 6.09 Å². The van der Waals surface area contributed by atoms with Gasteiger partial charge in [-0.05, 0) is 33.3 Å². The highest BCUT2D eigenvalue weighted by molar-refractivity contribution is 7.10. The minimum absolute atomic E-state index is 0.375. The standard InChI is InChI=1S/C12H18N2O2S/c1-12(2,3)16-11(15)14-7-5-4-6-10-13-8-9-17-10/h4,6,8-9H,5,7H2,1-3H3,(H,14,15). The van der Waals surface area contributed by atoms with Gasteiger partial charge in [0, 0.05) is 18.1 Å². The van der Waals surface area contributed by atoms with Crippen LogP contribution in [0.5, 0.6) is 0 Å². The van der Waals surface area contributed by atoms with E-state index in [0.29, 0.717) is 6.54 Å². The van der Waals surface area contributed by atoms with Crippen molar-refractivity contribution in [1.29, 1.82) is 0 Å². The predicted octanol–water partition coefficient (Wildman–Crippen LogP) is 3.07. The lowest BCUT2D eigenvalue weighted by Crippen LogP contribution is -2.32. The van der Waals surface area contributed by atoms with Crippen LogP contribution >= 0.6 is 11.3 Å². The minimum Gasteiger partial charge on any atom is -0.444 e. The van der Waals surface area contributed by atoms with Gasteiger partial charge in [0.25, 0.3) is 0 Å². The molecule has 0 aliphatic heterocycles. The number of alkyl carbamates (subject to hydrolysis) is 1. The molecule has 0 aliphatic rings. The summed E-state index contributed by atoms with van der Waals surface area (Å²) in [6.07, 6.45) is 6.08. The number of carbonyl (C=O) groups is 1. The van der Waals surface area contributed by atoms with E-state index >= 15 is 0 Å². The maximum Gasteiger partial charge on any atom is 0.407 e. The number of rotatable bonds is 4. The molecule has 1 aromatic rings. The Bertz CT molecular complexity index is 366. The summed E-state index contributed by atoms with van der Waals surface area (Å²) in [5.74, 6) is 0. The van der Waals surface area contributed by atoms with E-state index in [1.165, 1.54) is 0 Å². The molecule has 0 bridgehead atoms. The van der Waals surface area contributed by atoms with Gasteiger partial charge in [-0.25, -0.2) is 9.78 Å². The van der Waals surface area contributed by atoms with Crippen molar-refractivity contribution in [3.8, 4) is 0 Å². The highest BCUT2D eigenvalue weighted by atomic mass is 32.1. The molecule has 1 heterocycles. The Labute approximate surface area is 106 Å². The van der Waals surface area contributed by atoms with Crippen LogP contribution in [-0.2, 0) is 4.74 Å². The maximum atomic E-state index is 11.3. The van der Waals surface area contributed by atoms with Crippen molar-refractivity contribution in [2.75, 3.05) is 6.54 Å². The molecule has 1 amide bonds. The number of hydrogen-bond donors (Lipinski definition) is 1. The van der Waals surface area contributed by atoms with Gasteiger partial charge >= 0.3 is 6.09 Å². The first-order valence-electron chi connectivity index (χ1n) is 5.50. The Hall–Kier alpha value is -1.36. The van der Waals surface area contributed by atoms with Gasteiger partial charge in [0.15, 0.2) is 0 Å². The molecular weight excluding hydrogens is 236 g/mol. The second kappa shape index (κ2) is 6.39. The molecule has 5 heteroatoms. The molecular formula is C12H18N2O2S. The highest BCUT2D eigenvalue weighted by Gasteiger charge is 2.14. The Morgan fingerprint density at radius 1 is 1.59 bits per heavy atom. The van der Waals surface area contributed by atoms with Crippen LogP contribution in [-0.4, -0.2) is 23.2 Å². The van der Waals surface area contributed by atoms with Gasteiger partial charge in [-0.1, -0.05) is 6.08 Å². The molecule has 0 radical (unpaired) electrons. The molecule has 4 nitrogen and oxygen atoms in total. The number of nitrogens with one attached hydrogen (secondary N) is 1. The van der Waals surface area contributed by atoms with Crippen LogP contribution in [0, 0.1) is 0 Å². The summed E-state index contributed by atoms with van der Waals surface area (Å²) in [5, 5.41) is 5.59. The van der Waals surface area contributed by atoms with Crippen LogP contribution < -0.4 is 5.32 Å². The van der Waals surface area contributed by atoms with Crippen LogP contribution in [0.2, 0.25) is 0 Å². The fourth-order valence-corrected chi connectivity index (χ4v) is 1.63. The number of ether oxygens (including phenoxy) is 1. The van der Waals surface area contributed by atoms with Gasteiger partial charge in [0.1, 0.15) is 10.6 Å². The summed E-state index contributed by atoms with van der Waals surface area (Å²) in [7, 11) is 0. The number of nitrogens with zero attached hydrogens (tertiary/aromatic N) is 1. The van der Waals surface area contributed by atoms with E-state index in [2.05, 4.69) is 10.3 Å². The fraction of sp³-hybridized carbons (Fsp3) is 0.500. The first-order valence-corrected chi connectivity index (χ1v) is 6.38. The van der Waals surface area contributed by atoms with Gasteiger partial charge in [-0.3, -0.25) is 0 Å². The SMILES string of the molecule is CC(C)(C)OC(=O)NCCC=Cc1nccs1. The van der Waals surface area contributed by atoms with E-state index in [0.717, 1.165) is 11.4 Å². The molecule has 1 rings (SSSR count). The predicted molar refractivity (Wildman–Crippen MR) is 70.0 cm³/mol. The molecule has 0 spiro atoms. The third-order valence-electron chi connectivity index (χ3n) is 1.69. The molecule has 94 valence electrons. The van der Waals surface area contributed by atoms with Crippen molar-refractivity contribution >= 4 is 23.5 Å². The van der Waals surface area contributed by atoms with Gasteiger partial charge in [-0.15, -0.1) is 11.3 Å². The zero-order chi connectivity index (χ0) is 12.7. The van der Waals surface area contributed by atoms with Crippen molar-refractivity contribution < 1.29 is 9.53 Å². The molecule has 1 N–H and O–H groups in total. The summed E-state index contributed by atoms with van der Waals surface area (Å²) in [5.41, 5.74) is -0.444. The second-order valence-electron chi connectivity index (χ2n) is 4.49. The van der Waals surface area contributed by atoms with Crippen molar-refractivity contribution in [1.82, 2.24) is 10.3 Å². The lowest BCUT2D eigenvalue weighted by Gasteiger charge is -2.19. The number of aromatic nitrogens is 1. The third-order valence-corrected chi connectivity index (χ3v) is 2.43.